The minimum atomic E-state index is -0.957. The summed E-state index contributed by atoms with van der Waals surface area (Å²) < 4.78 is 26.4. The van der Waals surface area contributed by atoms with Crippen LogP contribution in [-0.4, -0.2) is 29.6 Å². The van der Waals surface area contributed by atoms with Crippen molar-refractivity contribution in [3.8, 4) is 0 Å². The number of aromatic nitrogens is 1. The molecule has 0 radical (unpaired) electrons. The molecule has 6 nitrogen and oxygen atoms in total. The third-order valence-electron chi connectivity index (χ3n) is 4.57. The van der Waals surface area contributed by atoms with Crippen molar-refractivity contribution in [3.63, 3.8) is 0 Å². The number of hydrogen-bond donors (Lipinski definition) is 1. The zero-order valence-corrected chi connectivity index (χ0v) is 16.1. The van der Waals surface area contributed by atoms with Crippen molar-refractivity contribution in [1.82, 2.24) is 10.3 Å². The Morgan fingerprint density at radius 2 is 1.86 bits per heavy atom. The van der Waals surface area contributed by atoms with Crippen LogP contribution in [0.25, 0.3) is 0 Å². The number of aliphatic imine (C=N–C) groups is 1. The summed E-state index contributed by atoms with van der Waals surface area (Å²) in [4.78, 5) is 33.1. The lowest BCUT2D eigenvalue weighted by molar-refractivity contribution is -0.118. The van der Waals surface area contributed by atoms with Crippen molar-refractivity contribution in [2.24, 2.45) is 4.99 Å². The van der Waals surface area contributed by atoms with Gasteiger partial charge < -0.3 is 10.2 Å². The highest BCUT2D eigenvalue weighted by molar-refractivity contribution is 6.08. The van der Waals surface area contributed by atoms with Crippen molar-refractivity contribution in [1.29, 1.82) is 0 Å². The number of allylic oxidation sites excluding steroid dienone is 1. The highest BCUT2D eigenvalue weighted by Crippen LogP contribution is 2.20. The van der Waals surface area contributed by atoms with E-state index in [9.17, 15) is 18.4 Å². The number of amides is 2. The van der Waals surface area contributed by atoms with Crippen molar-refractivity contribution in [2.75, 3.05) is 11.9 Å². The molecular weight excluding hydrogens is 378 g/mol. The van der Waals surface area contributed by atoms with E-state index in [-0.39, 0.29) is 23.7 Å². The van der Waals surface area contributed by atoms with E-state index in [1.165, 1.54) is 6.07 Å². The first-order valence-corrected chi connectivity index (χ1v) is 9.13. The first kappa shape index (κ1) is 20.3. The van der Waals surface area contributed by atoms with E-state index in [0.29, 0.717) is 12.8 Å². The molecule has 0 bridgehead atoms. The van der Waals surface area contributed by atoms with Gasteiger partial charge in [0, 0.05) is 37.7 Å². The van der Waals surface area contributed by atoms with Crippen molar-refractivity contribution in [2.45, 2.75) is 26.3 Å². The maximum atomic E-state index is 13.6. The second-order valence-corrected chi connectivity index (χ2v) is 6.47. The molecule has 0 spiro atoms. The van der Waals surface area contributed by atoms with Gasteiger partial charge in [-0.1, -0.05) is 19.1 Å². The van der Waals surface area contributed by atoms with E-state index in [1.807, 2.05) is 24.3 Å². The Bertz CT molecular complexity index is 1000. The summed E-state index contributed by atoms with van der Waals surface area (Å²) in [7, 11) is 1.72. The van der Waals surface area contributed by atoms with Gasteiger partial charge in [-0.3, -0.25) is 9.59 Å². The fourth-order valence-electron chi connectivity index (χ4n) is 2.85. The van der Waals surface area contributed by atoms with Gasteiger partial charge >= 0.3 is 0 Å². The quantitative estimate of drug-likeness (QED) is 0.760. The van der Waals surface area contributed by atoms with Gasteiger partial charge in [0.05, 0.1) is 5.71 Å². The predicted molar refractivity (Wildman–Crippen MR) is 105 cm³/mol. The second-order valence-electron chi connectivity index (χ2n) is 6.47. The molecule has 0 atom stereocenters. The number of halogens is 2. The SMILES string of the molecule is CCC(=O)N(C)c1ccc(C2=NC(C(=O)NCc3ccc(F)nc3F)=CC2)cc1. The molecule has 2 aromatic rings. The first-order chi connectivity index (χ1) is 13.9. The van der Waals surface area contributed by atoms with E-state index in [2.05, 4.69) is 15.3 Å². The highest BCUT2D eigenvalue weighted by Gasteiger charge is 2.18. The van der Waals surface area contributed by atoms with Gasteiger partial charge in [0.25, 0.3) is 5.91 Å². The number of nitrogens with zero attached hydrogens (tertiary/aromatic N) is 3. The molecular formula is C21H20F2N4O2. The molecule has 0 aliphatic carbocycles. The Balaban J connectivity index is 1.63. The van der Waals surface area contributed by atoms with E-state index in [0.717, 1.165) is 23.0 Å². The maximum absolute atomic E-state index is 13.6. The van der Waals surface area contributed by atoms with E-state index in [4.69, 9.17) is 0 Å². The highest BCUT2D eigenvalue weighted by atomic mass is 19.1. The van der Waals surface area contributed by atoms with Crippen LogP contribution in [0.1, 0.15) is 30.9 Å². The fraction of sp³-hybridized carbons (Fsp3) is 0.238. The van der Waals surface area contributed by atoms with Crippen molar-refractivity contribution >= 4 is 23.2 Å². The van der Waals surface area contributed by atoms with E-state index < -0.39 is 17.8 Å². The molecule has 2 amide bonds. The number of nitrogens with one attached hydrogen (secondary N) is 1. The second kappa shape index (κ2) is 8.72. The summed E-state index contributed by atoms with van der Waals surface area (Å²) in [6.45, 7) is 1.69. The van der Waals surface area contributed by atoms with Crippen LogP contribution in [0.4, 0.5) is 14.5 Å². The average molecular weight is 398 g/mol. The lowest BCUT2D eigenvalue weighted by Crippen LogP contribution is -2.25. The molecule has 1 N–H and O–H groups in total. The molecule has 1 aromatic heterocycles. The summed E-state index contributed by atoms with van der Waals surface area (Å²) in [5.74, 6) is -2.30. The largest absolute Gasteiger partial charge is 0.346 e. The summed E-state index contributed by atoms with van der Waals surface area (Å²) in [6, 6.07) is 9.62. The minimum absolute atomic E-state index is 0.0179. The van der Waals surface area contributed by atoms with Crippen LogP contribution in [0, 0.1) is 11.9 Å². The normalized spacial score (nSPS) is 13.0. The lowest BCUT2D eigenvalue weighted by atomic mass is 10.1. The average Bonchev–Trinajstić information content (AvgIpc) is 3.22. The smallest absolute Gasteiger partial charge is 0.269 e. The van der Waals surface area contributed by atoms with Crippen LogP contribution in [0.3, 0.4) is 0 Å². The first-order valence-electron chi connectivity index (χ1n) is 9.13. The summed E-state index contributed by atoms with van der Waals surface area (Å²) in [5, 5.41) is 2.56. The van der Waals surface area contributed by atoms with Crippen molar-refractivity contribution in [3.05, 3.63) is 71.2 Å². The molecule has 29 heavy (non-hydrogen) atoms. The van der Waals surface area contributed by atoms with Crippen LogP contribution < -0.4 is 10.2 Å². The number of anilines is 1. The van der Waals surface area contributed by atoms with E-state index in [1.54, 1.807) is 24.9 Å². The molecule has 8 heteroatoms. The standard InChI is InChI=1S/C21H20F2N4O2/c1-3-19(28)27(2)15-7-4-13(5-8-15)16-9-10-17(25-16)21(29)24-12-14-6-11-18(22)26-20(14)23/h4-8,10-11H,3,9,12H2,1-2H3,(H,24,29). The van der Waals surface area contributed by atoms with Gasteiger partial charge in [0.15, 0.2) is 0 Å². The Morgan fingerprint density at radius 1 is 1.14 bits per heavy atom. The molecule has 0 fully saturated rings. The minimum Gasteiger partial charge on any atom is -0.346 e. The molecule has 3 rings (SSSR count). The molecule has 0 saturated carbocycles. The fourth-order valence-corrected chi connectivity index (χ4v) is 2.85. The molecule has 1 aliphatic rings. The Morgan fingerprint density at radius 3 is 2.52 bits per heavy atom. The lowest BCUT2D eigenvalue weighted by Gasteiger charge is -2.16. The zero-order chi connectivity index (χ0) is 21.0. The number of pyridine rings is 1. The summed E-state index contributed by atoms with van der Waals surface area (Å²) in [6.07, 6.45) is 2.59. The molecule has 0 unspecified atom stereocenters. The van der Waals surface area contributed by atoms with Gasteiger partial charge in [-0.25, -0.2) is 4.99 Å². The van der Waals surface area contributed by atoms with Gasteiger partial charge in [0.1, 0.15) is 5.70 Å². The molecule has 0 saturated heterocycles. The number of hydrogen-bond acceptors (Lipinski definition) is 4. The third kappa shape index (κ3) is 4.71. The number of carbonyl (C=O) groups is 2. The molecule has 1 aliphatic heterocycles. The molecule has 150 valence electrons. The van der Waals surface area contributed by atoms with Crippen LogP contribution in [0.5, 0.6) is 0 Å². The van der Waals surface area contributed by atoms with Gasteiger partial charge in [-0.2, -0.15) is 13.8 Å². The number of rotatable bonds is 6. The zero-order valence-electron chi connectivity index (χ0n) is 16.1. The molecule has 2 heterocycles. The summed E-state index contributed by atoms with van der Waals surface area (Å²) in [5.41, 5.74) is 2.67. The van der Waals surface area contributed by atoms with Gasteiger partial charge in [-0.15, -0.1) is 0 Å². The topological polar surface area (TPSA) is 74.7 Å². The molecule has 1 aromatic carbocycles. The van der Waals surface area contributed by atoms with Gasteiger partial charge in [-0.05, 0) is 35.9 Å². The summed E-state index contributed by atoms with van der Waals surface area (Å²) >= 11 is 0. The maximum Gasteiger partial charge on any atom is 0.269 e. The van der Waals surface area contributed by atoms with Crippen molar-refractivity contribution < 1.29 is 18.4 Å². The van der Waals surface area contributed by atoms with Gasteiger partial charge in [0.2, 0.25) is 17.8 Å². The number of benzene rings is 1. The van der Waals surface area contributed by atoms with Crippen LogP contribution in [0.15, 0.2) is 53.2 Å². The third-order valence-corrected chi connectivity index (χ3v) is 4.57. The monoisotopic (exact) mass is 398 g/mol. The number of carbonyl (C=O) groups excluding carboxylic acids is 2. The Hall–Kier alpha value is -3.42. The van der Waals surface area contributed by atoms with Crippen LogP contribution in [-0.2, 0) is 16.1 Å². The Labute approximate surface area is 167 Å². The van der Waals surface area contributed by atoms with Crippen LogP contribution in [0.2, 0.25) is 0 Å². The Kier molecular flexibility index (Phi) is 6.11. The van der Waals surface area contributed by atoms with E-state index >= 15 is 0 Å². The van der Waals surface area contributed by atoms with Crippen LogP contribution >= 0.6 is 0 Å². The predicted octanol–water partition coefficient (Wildman–Crippen LogP) is 3.13.